The molecule has 0 aliphatic carbocycles. The average Bonchev–Trinajstić information content (AvgIpc) is 3.02. The number of carbonyl (C=O) groups is 2. The molecule has 0 spiro atoms. The lowest BCUT2D eigenvalue weighted by Crippen LogP contribution is -2.43. The summed E-state index contributed by atoms with van der Waals surface area (Å²) in [7, 11) is 10.4. The Morgan fingerprint density at radius 2 is 0.706 bits per heavy atom. The molecule has 2 amide bonds. The van der Waals surface area contributed by atoms with Gasteiger partial charge in [-0.15, -0.1) is 0 Å². The first-order valence-electron chi connectivity index (χ1n) is 14.6. The molecule has 16 heteroatoms. The zero-order valence-corrected chi connectivity index (χ0v) is 29.6. The highest BCUT2D eigenvalue weighted by molar-refractivity contribution is 8.77. The van der Waals surface area contributed by atoms with Crippen LogP contribution in [0, 0.1) is 5.41 Å². The molecule has 0 rings (SSSR count). The van der Waals surface area contributed by atoms with Crippen LogP contribution in [0.5, 0.6) is 0 Å². The van der Waals surface area contributed by atoms with E-state index in [9.17, 15) is 9.59 Å². The Balaban J connectivity index is -0.000000315. The largest absolute Gasteiger partial charge is 0.378 e. The van der Waals surface area contributed by atoms with E-state index in [-0.39, 0.29) is 111 Å². The predicted octanol–water partition coefficient (Wildman–Crippen LogP) is 7.49. The lowest BCUT2D eigenvalue weighted by Gasteiger charge is -2.33. The molecule has 0 saturated carbocycles. The fourth-order valence-electron chi connectivity index (χ4n) is 3.02. The second-order valence-corrected chi connectivity index (χ2v) is 14.6. The third-order valence-electron chi connectivity index (χ3n) is 5.17. The van der Waals surface area contributed by atoms with E-state index >= 15 is 0 Å². The molecule has 0 aromatic rings. The molecule has 0 unspecified atom stereocenters. The van der Waals surface area contributed by atoms with E-state index in [1.54, 1.807) is 35.7 Å². The van der Waals surface area contributed by atoms with Crippen LogP contribution in [0.1, 0.15) is 73.3 Å². The standard InChI is InChI=1S/C27H54N2O10S4.8CH4/c1-5-40-42-17-15-32-7-11-36-21-27(23-38-13-9-34-19-25(30)28-3,24-39-14-10-35-20-26(31)29-4)22-37-12-8-33-16-18-43-41-6-2;;;;;;;;/h5-24H2,1-4H3,(H,28,30)(H,29,31);8*1H4. The number of carbonyl (C=O) groups excluding carboxylic acids is 2. The molecule has 0 fully saturated rings. The molecular weight excluding hydrogens is 737 g/mol. The van der Waals surface area contributed by atoms with Crippen molar-refractivity contribution in [2.75, 3.05) is 143 Å². The van der Waals surface area contributed by atoms with Gasteiger partial charge in [-0.2, -0.15) is 0 Å². The van der Waals surface area contributed by atoms with Crippen LogP contribution in [0.15, 0.2) is 0 Å². The van der Waals surface area contributed by atoms with E-state index in [1.165, 1.54) is 0 Å². The Hall–Kier alpha value is 0.0200. The van der Waals surface area contributed by atoms with Gasteiger partial charge in [-0.05, 0) is 0 Å². The second kappa shape index (κ2) is 56.8. The van der Waals surface area contributed by atoms with Crippen LogP contribution >= 0.6 is 43.2 Å². The van der Waals surface area contributed by atoms with Gasteiger partial charge in [0.25, 0.3) is 0 Å². The van der Waals surface area contributed by atoms with E-state index in [2.05, 4.69) is 24.5 Å². The zero-order chi connectivity index (χ0) is 31.7. The minimum atomic E-state index is -0.622. The zero-order valence-electron chi connectivity index (χ0n) is 26.4. The van der Waals surface area contributed by atoms with Gasteiger partial charge in [0.15, 0.2) is 0 Å². The minimum Gasteiger partial charge on any atom is -0.378 e. The summed E-state index contributed by atoms with van der Waals surface area (Å²) in [5.74, 6) is 3.62. The van der Waals surface area contributed by atoms with E-state index in [1.807, 2.05) is 21.6 Å². The molecule has 12 nitrogen and oxygen atoms in total. The van der Waals surface area contributed by atoms with Gasteiger partial charge in [-0.3, -0.25) is 9.59 Å². The summed E-state index contributed by atoms with van der Waals surface area (Å²) >= 11 is 0. The monoisotopic (exact) mass is 823 g/mol. The average molecular weight is 823 g/mol. The molecule has 0 heterocycles. The van der Waals surface area contributed by atoms with Gasteiger partial charge in [-0.25, -0.2) is 0 Å². The summed E-state index contributed by atoms with van der Waals surface area (Å²) in [6.45, 7) is 9.70. The lowest BCUT2D eigenvalue weighted by molar-refractivity contribution is -0.130. The van der Waals surface area contributed by atoms with Crippen molar-refractivity contribution in [1.29, 1.82) is 0 Å². The van der Waals surface area contributed by atoms with Crippen LogP contribution in [0.4, 0.5) is 0 Å². The molecule has 0 aliphatic rings. The number of likely N-dealkylation sites (N-methyl/N-ethyl adjacent to an activating group) is 2. The number of ether oxygens (including phenoxy) is 8. The van der Waals surface area contributed by atoms with Crippen molar-refractivity contribution in [3.63, 3.8) is 0 Å². The molecule has 0 aliphatic heterocycles. The van der Waals surface area contributed by atoms with E-state index < -0.39 is 5.41 Å². The van der Waals surface area contributed by atoms with Crippen LogP contribution in [0.2, 0.25) is 0 Å². The Kier molecular flexibility index (Phi) is 80.5. The van der Waals surface area contributed by atoms with Crippen LogP contribution in [-0.2, 0) is 47.5 Å². The fraction of sp³-hybridized carbons (Fsp3) is 0.943. The van der Waals surface area contributed by atoms with Crippen molar-refractivity contribution in [3.05, 3.63) is 0 Å². The third kappa shape index (κ3) is 50.0. The molecule has 0 aromatic carbocycles. The quantitative estimate of drug-likeness (QED) is 0.0491. The molecule has 51 heavy (non-hydrogen) atoms. The molecule has 2 N–H and O–H groups in total. The highest BCUT2D eigenvalue weighted by Crippen LogP contribution is 2.22. The Bertz CT molecular complexity index is 597. The van der Waals surface area contributed by atoms with E-state index in [0.29, 0.717) is 66.1 Å². The van der Waals surface area contributed by atoms with Crippen molar-refractivity contribution in [2.24, 2.45) is 5.41 Å². The normalized spacial score (nSPS) is 9.80. The first-order valence-corrected chi connectivity index (χ1v) is 19.5. The van der Waals surface area contributed by atoms with Crippen LogP contribution in [0.3, 0.4) is 0 Å². The molecule has 0 aromatic heterocycles. The number of hydrogen-bond donors (Lipinski definition) is 2. The fourth-order valence-corrected chi connectivity index (χ4v) is 6.08. The third-order valence-corrected chi connectivity index (χ3v) is 10.1. The van der Waals surface area contributed by atoms with Crippen LogP contribution < -0.4 is 10.6 Å². The van der Waals surface area contributed by atoms with Gasteiger partial charge < -0.3 is 48.5 Å². The summed E-state index contributed by atoms with van der Waals surface area (Å²) in [6.07, 6.45) is 0. The van der Waals surface area contributed by atoms with Crippen molar-refractivity contribution in [2.45, 2.75) is 73.3 Å². The van der Waals surface area contributed by atoms with Crippen molar-refractivity contribution in [3.8, 4) is 0 Å². The summed E-state index contributed by atoms with van der Waals surface area (Å²) in [6, 6.07) is 0. The van der Waals surface area contributed by atoms with Gasteiger partial charge in [0.1, 0.15) is 13.2 Å². The summed E-state index contributed by atoms with van der Waals surface area (Å²) in [5.41, 5.74) is -0.622. The Morgan fingerprint density at radius 1 is 0.431 bits per heavy atom. The minimum absolute atomic E-state index is 0. The molecule has 0 bridgehead atoms. The van der Waals surface area contributed by atoms with Crippen LogP contribution in [-0.4, -0.2) is 155 Å². The summed E-state index contributed by atoms with van der Waals surface area (Å²) in [4.78, 5) is 22.8. The smallest absolute Gasteiger partial charge is 0.245 e. The summed E-state index contributed by atoms with van der Waals surface area (Å²) in [5, 5.41) is 5.03. The van der Waals surface area contributed by atoms with Crippen molar-refractivity contribution >= 4 is 55.0 Å². The highest BCUT2D eigenvalue weighted by Gasteiger charge is 2.32. The molecular formula is C35H86N2O10S4. The maximum absolute atomic E-state index is 11.4. The predicted molar refractivity (Wildman–Crippen MR) is 232 cm³/mol. The molecule has 0 atom stereocenters. The Labute approximate surface area is 333 Å². The molecule has 320 valence electrons. The first-order chi connectivity index (χ1) is 21.0. The van der Waals surface area contributed by atoms with Gasteiger partial charge in [0.05, 0.1) is 97.9 Å². The lowest BCUT2D eigenvalue weighted by atomic mass is 9.92. The second-order valence-electron chi connectivity index (χ2n) is 8.84. The first kappa shape index (κ1) is 72.3. The topological polar surface area (TPSA) is 132 Å². The van der Waals surface area contributed by atoms with Gasteiger partial charge in [-0.1, -0.05) is 116 Å². The van der Waals surface area contributed by atoms with Gasteiger partial charge in [0, 0.05) is 37.1 Å². The van der Waals surface area contributed by atoms with Gasteiger partial charge >= 0.3 is 0 Å². The van der Waals surface area contributed by atoms with Crippen LogP contribution in [0.25, 0.3) is 0 Å². The number of nitrogens with one attached hydrogen (secondary N) is 2. The number of rotatable bonds is 34. The van der Waals surface area contributed by atoms with Crippen molar-refractivity contribution < 1.29 is 47.5 Å². The molecule has 0 radical (unpaired) electrons. The number of amides is 2. The highest BCUT2D eigenvalue weighted by atomic mass is 33.1. The number of hydrogen-bond acceptors (Lipinski definition) is 14. The van der Waals surface area contributed by atoms with E-state index in [0.717, 1.165) is 23.0 Å². The Morgan fingerprint density at radius 3 is 0.980 bits per heavy atom. The SMILES string of the molecule is C.C.C.C.C.C.C.C.CCSSCCOCCOCC(COCCOCCSSCC)(COCCOCC(=O)NC)COCCOCC(=O)NC. The van der Waals surface area contributed by atoms with Gasteiger partial charge in [0.2, 0.25) is 11.8 Å². The van der Waals surface area contributed by atoms with Crippen molar-refractivity contribution in [1.82, 2.24) is 10.6 Å². The van der Waals surface area contributed by atoms with E-state index in [4.69, 9.17) is 37.9 Å². The molecule has 0 saturated heterocycles. The maximum atomic E-state index is 11.4. The summed E-state index contributed by atoms with van der Waals surface area (Å²) < 4.78 is 46.1. The maximum Gasteiger partial charge on any atom is 0.245 e.